The van der Waals surface area contributed by atoms with Crippen molar-refractivity contribution >= 4 is 5.97 Å². The molecule has 1 saturated carbocycles. The first-order chi connectivity index (χ1) is 9.20. The number of methoxy groups -OCH3 is 1. The van der Waals surface area contributed by atoms with Crippen molar-refractivity contribution < 1.29 is 9.53 Å². The van der Waals surface area contributed by atoms with E-state index < -0.39 is 0 Å². The van der Waals surface area contributed by atoms with Crippen LogP contribution in [0.5, 0.6) is 0 Å². The Hall–Kier alpha value is -1.29. The van der Waals surface area contributed by atoms with Crippen molar-refractivity contribution in [3.8, 4) is 0 Å². The number of nitrogens with one attached hydrogen (secondary N) is 2. The summed E-state index contributed by atoms with van der Waals surface area (Å²) in [5.74, 6) is 1.31. The Morgan fingerprint density at radius 3 is 2.95 bits per heavy atom. The number of aromatic amines is 1. The highest BCUT2D eigenvalue weighted by Crippen LogP contribution is 2.28. The van der Waals surface area contributed by atoms with E-state index >= 15 is 0 Å². The van der Waals surface area contributed by atoms with Crippen molar-refractivity contribution in [3.63, 3.8) is 0 Å². The Balaban J connectivity index is 1.76. The van der Waals surface area contributed by atoms with E-state index in [0.717, 1.165) is 30.6 Å². The molecule has 106 valence electrons. The fourth-order valence-electron chi connectivity index (χ4n) is 2.86. The number of ether oxygens (including phenoxy) is 1. The summed E-state index contributed by atoms with van der Waals surface area (Å²) >= 11 is 0. The van der Waals surface area contributed by atoms with E-state index in [9.17, 15) is 4.79 Å². The lowest BCUT2D eigenvalue weighted by molar-refractivity contribution is 0.0594. The molecule has 4 heteroatoms. The van der Waals surface area contributed by atoms with Gasteiger partial charge in [0.25, 0.3) is 0 Å². The first-order valence-corrected chi connectivity index (χ1v) is 7.17. The molecule has 0 bridgehead atoms. The number of esters is 1. The number of H-pyrrole nitrogens is 1. The Morgan fingerprint density at radius 1 is 1.42 bits per heavy atom. The topological polar surface area (TPSA) is 54.1 Å². The number of rotatable bonds is 5. The molecule has 2 atom stereocenters. The maximum atomic E-state index is 11.3. The molecule has 0 spiro atoms. The van der Waals surface area contributed by atoms with Gasteiger partial charge in [-0.25, -0.2) is 4.79 Å². The highest BCUT2D eigenvalue weighted by Gasteiger charge is 2.20. The van der Waals surface area contributed by atoms with Crippen LogP contribution in [0.25, 0.3) is 0 Å². The normalized spacial score (nSPS) is 23.3. The SMILES string of the molecule is COC(=O)c1ccc(CNCC2CCCCC2C)[nH]1. The van der Waals surface area contributed by atoms with Gasteiger partial charge in [-0.15, -0.1) is 0 Å². The van der Waals surface area contributed by atoms with Crippen LogP contribution >= 0.6 is 0 Å². The lowest BCUT2D eigenvalue weighted by Gasteiger charge is -2.28. The highest BCUT2D eigenvalue weighted by molar-refractivity contribution is 5.87. The summed E-state index contributed by atoms with van der Waals surface area (Å²) in [6, 6.07) is 3.70. The zero-order valence-corrected chi connectivity index (χ0v) is 11.9. The van der Waals surface area contributed by atoms with Gasteiger partial charge < -0.3 is 15.0 Å². The van der Waals surface area contributed by atoms with Gasteiger partial charge in [-0.05, 0) is 36.9 Å². The van der Waals surface area contributed by atoms with Crippen molar-refractivity contribution in [2.45, 2.75) is 39.2 Å². The summed E-state index contributed by atoms with van der Waals surface area (Å²) in [5.41, 5.74) is 1.55. The minimum Gasteiger partial charge on any atom is -0.464 e. The van der Waals surface area contributed by atoms with Gasteiger partial charge in [-0.1, -0.05) is 26.2 Å². The molecule has 0 saturated heterocycles. The fourth-order valence-corrected chi connectivity index (χ4v) is 2.86. The molecule has 2 N–H and O–H groups in total. The van der Waals surface area contributed by atoms with E-state index in [1.54, 1.807) is 6.07 Å². The van der Waals surface area contributed by atoms with Crippen LogP contribution in [0.3, 0.4) is 0 Å². The Kier molecular flexibility index (Phi) is 5.02. The van der Waals surface area contributed by atoms with Crippen LogP contribution < -0.4 is 5.32 Å². The van der Waals surface area contributed by atoms with Crippen LogP contribution in [0.4, 0.5) is 0 Å². The van der Waals surface area contributed by atoms with Crippen LogP contribution in [-0.2, 0) is 11.3 Å². The molecular formula is C15H24N2O2. The highest BCUT2D eigenvalue weighted by atomic mass is 16.5. The molecule has 0 aromatic carbocycles. The molecule has 2 rings (SSSR count). The zero-order chi connectivity index (χ0) is 13.7. The van der Waals surface area contributed by atoms with Gasteiger partial charge in [-0.3, -0.25) is 0 Å². The average Bonchev–Trinajstić information content (AvgIpc) is 2.89. The number of carbonyl (C=O) groups is 1. The van der Waals surface area contributed by atoms with E-state index in [0.29, 0.717) is 5.69 Å². The molecule has 2 unspecified atom stereocenters. The van der Waals surface area contributed by atoms with Crippen LogP contribution in [-0.4, -0.2) is 24.6 Å². The average molecular weight is 264 g/mol. The van der Waals surface area contributed by atoms with E-state index in [4.69, 9.17) is 0 Å². The van der Waals surface area contributed by atoms with Crippen molar-refractivity contribution in [2.24, 2.45) is 11.8 Å². The predicted octanol–water partition coefficient (Wildman–Crippen LogP) is 2.72. The first-order valence-electron chi connectivity index (χ1n) is 7.17. The van der Waals surface area contributed by atoms with Crippen LogP contribution in [0.2, 0.25) is 0 Å². The van der Waals surface area contributed by atoms with Gasteiger partial charge in [0.05, 0.1) is 7.11 Å². The molecule has 0 radical (unpaired) electrons. The van der Waals surface area contributed by atoms with Crippen LogP contribution in [0.1, 0.15) is 48.8 Å². The second-order valence-corrected chi connectivity index (χ2v) is 5.54. The first kappa shape index (κ1) is 14.1. The van der Waals surface area contributed by atoms with Gasteiger partial charge in [-0.2, -0.15) is 0 Å². The third-order valence-corrected chi connectivity index (χ3v) is 4.16. The van der Waals surface area contributed by atoms with Crippen molar-refractivity contribution in [1.29, 1.82) is 0 Å². The lowest BCUT2D eigenvalue weighted by Crippen LogP contribution is -2.29. The Morgan fingerprint density at radius 2 is 2.21 bits per heavy atom. The predicted molar refractivity (Wildman–Crippen MR) is 75.0 cm³/mol. The molecule has 4 nitrogen and oxygen atoms in total. The number of carbonyl (C=O) groups excluding carboxylic acids is 1. The van der Waals surface area contributed by atoms with Crippen LogP contribution in [0.15, 0.2) is 12.1 Å². The van der Waals surface area contributed by atoms with Gasteiger partial charge in [0.15, 0.2) is 0 Å². The maximum Gasteiger partial charge on any atom is 0.354 e. The summed E-state index contributed by atoms with van der Waals surface area (Å²) in [5, 5.41) is 3.49. The second-order valence-electron chi connectivity index (χ2n) is 5.54. The molecule has 1 aromatic rings. The Bertz CT molecular complexity index is 414. The maximum absolute atomic E-state index is 11.3. The van der Waals surface area contributed by atoms with E-state index in [2.05, 4.69) is 22.0 Å². The molecule has 0 amide bonds. The summed E-state index contributed by atoms with van der Waals surface area (Å²) in [6.07, 6.45) is 5.45. The van der Waals surface area contributed by atoms with E-state index in [-0.39, 0.29) is 5.97 Å². The van der Waals surface area contributed by atoms with E-state index in [1.807, 2.05) is 6.07 Å². The number of hydrogen-bond donors (Lipinski definition) is 2. The molecule has 19 heavy (non-hydrogen) atoms. The third kappa shape index (κ3) is 3.83. The quantitative estimate of drug-likeness (QED) is 0.804. The molecule has 0 aliphatic heterocycles. The van der Waals surface area contributed by atoms with E-state index in [1.165, 1.54) is 32.8 Å². The van der Waals surface area contributed by atoms with Crippen molar-refractivity contribution in [2.75, 3.05) is 13.7 Å². The summed E-state index contributed by atoms with van der Waals surface area (Å²) in [4.78, 5) is 14.4. The van der Waals surface area contributed by atoms with Crippen molar-refractivity contribution in [3.05, 3.63) is 23.5 Å². The largest absolute Gasteiger partial charge is 0.464 e. The molecule has 1 fully saturated rings. The minimum atomic E-state index is -0.313. The standard InChI is InChI=1S/C15H24N2O2/c1-11-5-3-4-6-12(11)9-16-10-13-7-8-14(17-13)15(18)19-2/h7-8,11-12,16-17H,3-6,9-10H2,1-2H3. The summed E-state index contributed by atoms with van der Waals surface area (Å²) in [6.45, 7) is 4.20. The number of aromatic nitrogens is 1. The zero-order valence-electron chi connectivity index (χ0n) is 11.9. The summed E-state index contributed by atoms with van der Waals surface area (Å²) < 4.78 is 4.67. The molecular weight excluding hydrogens is 240 g/mol. The van der Waals surface area contributed by atoms with Gasteiger partial charge in [0.2, 0.25) is 0 Å². The monoisotopic (exact) mass is 264 g/mol. The lowest BCUT2D eigenvalue weighted by atomic mass is 9.80. The molecule has 1 aromatic heterocycles. The van der Waals surface area contributed by atoms with Gasteiger partial charge in [0.1, 0.15) is 5.69 Å². The van der Waals surface area contributed by atoms with Gasteiger partial charge >= 0.3 is 5.97 Å². The van der Waals surface area contributed by atoms with Crippen molar-refractivity contribution in [1.82, 2.24) is 10.3 Å². The van der Waals surface area contributed by atoms with Crippen LogP contribution in [0, 0.1) is 11.8 Å². The van der Waals surface area contributed by atoms with Gasteiger partial charge in [0, 0.05) is 12.2 Å². The molecule has 1 aliphatic rings. The minimum absolute atomic E-state index is 0.313. The molecule has 1 heterocycles. The fraction of sp³-hybridized carbons (Fsp3) is 0.667. The second kappa shape index (κ2) is 6.75. The molecule has 1 aliphatic carbocycles. The smallest absolute Gasteiger partial charge is 0.354 e. The third-order valence-electron chi connectivity index (χ3n) is 4.16. The summed E-state index contributed by atoms with van der Waals surface area (Å²) in [7, 11) is 1.39. The Labute approximate surface area is 114 Å². The number of hydrogen-bond acceptors (Lipinski definition) is 3.